The zero-order chi connectivity index (χ0) is 16.7. The van der Waals surface area contributed by atoms with Gasteiger partial charge in [0.25, 0.3) is 0 Å². The number of nitrogens with two attached hydrogens (primary N) is 1. The maximum absolute atomic E-state index is 11.9. The van der Waals surface area contributed by atoms with Gasteiger partial charge in [0.2, 0.25) is 5.91 Å². The number of primary amides is 1. The minimum absolute atomic E-state index is 0.0728. The number of amides is 3. The number of ether oxygens (including phenoxy) is 1. The van der Waals surface area contributed by atoms with Gasteiger partial charge in [-0.1, -0.05) is 12.1 Å². The number of aryl methyl sites for hydroxylation is 1. The summed E-state index contributed by atoms with van der Waals surface area (Å²) in [6.45, 7) is 0. The van der Waals surface area contributed by atoms with Gasteiger partial charge in [0, 0.05) is 17.8 Å². The van der Waals surface area contributed by atoms with Crippen LogP contribution in [0.1, 0.15) is 12.0 Å². The van der Waals surface area contributed by atoms with Gasteiger partial charge in [0.15, 0.2) is 0 Å². The maximum Gasteiger partial charge on any atom is 0.316 e. The summed E-state index contributed by atoms with van der Waals surface area (Å²) >= 11 is 0. The maximum atomic E-state index is 11.9. The summed E-state index contributed by atoms with van der Waals surface area (Å²) in [4.78, 5) is 22.7. The van der Waals surface area contributed by atoms with Gasteiger partial charge in [-0.2, -0.15) is 0 Å². The van der Waals surface area contributed by atoms with E-state index in [0.29, 0.717) is 24.2 Å². The number of methoxy groups -OCH3 is 1. The molecule has 0 atom stereocenters. The van der Waals surface area contributed by atoms with Crippen LogP contribution in [0, 0.1) is 0 Å². The van der Waals surface area contributed by atoms with E-state index >= 15 is 0 Å². The molecule has 0 radical (unpaired) electrons. The first-order chi connectivity index (χ1) is 11.1. The van der Waals surface area contributed by atoms with Gasteiger partial charge < -0.3 is 21.1 Å². The lowest BCUT2D eigenvalue weighted by atomic mass is 10.1. The Kier molecular flexibility index (Phi) is 5.57. The molecule has 4 N–H and O–H groups in total. The molecule has 0 aromatic heterocycles. The smallest absolute Gasteiger partial charge is 0.316 e. The summed E-state index contributed by atoms with van der Waals surface area (Å²) in [5.41, 5.74) is 7.34. The van der Waals surface area contributed by atoms with E-state index in [1.54, 1.807) is 31.4 Å². The predicted octanol–water partition coefficient (Wildman–Crippen LogP) is 2.76. The van der Waals surface area contributed by atoms with Gasteiger partial charge in [0.1, 0.15) is 5.75 Å². The predicted molar refractivity (Wildman–Crippen MR) is 89.6 cm³/mol. The molecule has 23 heavy (non-hydrogen) atoms. The summed E-state index contributed by atoms with van der Waals surface area (Å²) < 4.78 is 5.09. The highest BCUT2D eigenvalue weighted by atomic mass is 16.5. The van der Waals surface area contributed by atoms with Gasteiger partial charge in [-0.15, -0.1) is 0 Å². The Balaban J connectivity index is 1.82. The van der Waals surface area contributed by atoms with Crippen molar-refractivity contribution >= 4 is 23.3 Å². The molecule has 0 saturated carbocycles. The summed E-state index contributed by atoms with van der Waals surface area (Å²) in [6.07, 6.45) is 1.03. The molecule has 0 saturated heterocycles. The number of carbonyl (C=O) groups is 2. The highest BCUT2D eigenvalue weighted by molar-refractivity contribution is 5.92. The number of anilines is 2. The molecule has 2 aromatic carbocycles. The Hall–Kier alpha value is -3.02. The number of carbonyl (C=O) groups excluding carboxylic acids is 2. The van der Waals surface area contributed by atoms with Crippen molar-refractivity contribution in [3.8, 4) is 5.75 Å². The summed E-state index contributed by atoms with van der Waals surface area (Å²) in [5, 5.41) is 5.26. The SMILES string of the molecule is COc1ccc(CCC(=O)Nc2ccc(NC(N)=O)cc2)cc1. The van der Waals surface area contributed by atoms with E-state index < -0.39 is 6.03 Å². The second kappa shape index (κ2) is 7.84. The molecule has 0 fully saturated rings. The Bertz CT molecular complexity index is 666. The van der Waals surface area contributed by atoms with E-state index in [4.69, 9.17) is 10.5 Å². The Morgan fingerprint density at radius 1 is 0.957 bits per heavy atom. The highest BCUT2D eigenvalue weighted by Crippen LogP contribution is 2.15. The first-order valence-corrected chi connectivity index (χ1v) is 7.16. The van der Waals surface area contributed by atoms with E-state index in [9.17, 15) is 9.59 Å². The molecule has 120 valence electrons. The largest absolute Gasteiger partial charge is 0.497 e. The monoisotopic (exact) mass is 313 g/mol. The molecule has 0 heterocycles. The molecule has 0 aliphatic heterocycles. The van der Waals surface area contributed by atoms with E-state index in [-0.39, 0.29) is 5.91 Å². The van der Waals surface area contributed by atoms with Crippen molar-refractivity contribution in [3.63, 3.8) is 0 Å². The van der Waals surface area contributed by atoms with Crippen LogP contribution in [0.5, 0.6) is 5.75 Å². The molecule has 3 amide bonds. The highest BCUT2D eigenvalue weighted by Gasteiger charge is 2.04. The van der Waals surface area contributed by atoms with E-state index in [2.05, 4.69) is 10.6 Å². The van der Waals surface area contributed by atoms with Crippen molar-refractivity contribution in [2.24, 2.45) is 5.73 Å². The second-order valence-electron chi connectivity index (χ2n) is 4.96. The zero-order valence-electron chi connectivity index (χ0n) is 12.8. The molecule has 0 bridgehead atoms. The third-order valence-electron chi connectivity index (χ3n) is 3.24. The van der Waals surface area contributed by atoms with Gasteiger partial charge >= 0.3 is 6.03 Å². The normalized spacial score (nSPS) is 9.96. The molecule has 6 heteroatoms. The van der Waals surface area contributed by atoms with Gasteiger partial charge in [-0.05, 0) is 48.4 Å². The molecule has 0 aliphatic carbocycles. The summed E-state index contributed by atoms with van der Waals surface area (Å²) in [6, 6.07) is 13.8. The van der Waals surface area contributed by atoms with Crippen LogP contribution in [0.2, 0.25) is 0 Å². The van der Waals surface area contributed by atoms with Crippen LogP contribution >= 0.6 is 0 Å². The minimum Gasteiger partial charge on any atom is -0.497 e. The van der Waals surface area contributed by atoms with Gasteiger partial charge in [-0.25, -0.2) is 4.79 Å². The van der Waals surface area contributed by atoms with Crippen molar-refractivity contribution in [3.05, 3.63) is 54.1 Å². The number of hydrogen-bond acceptors (Lipinski definition) is 3. The molecule has 6 nitrogen and oxygen atoms in total. The van der Waals surface area contributed by atoms with Crippen molar-refractivity contribution in [2.45, 2.75) is 12.8 Å². The average Bonchev–Trinajstić information content (AvgIpc) is 2.55. The Morgan fingerprint density at radius 3 is 2.04 bits per heavy atom. The molecule has 2 rings (SSSR count). The number of benzene rings is 2. The fraction of sp³-hybridized carbons (Fsp3) is 0.176. The number of rotatable bonds is 6. The topological polar surface area (TPSA) is 93.4 Å². The average molecular weight is 313 g/mol. The number of hydrogen-bond donors (Lipinski definition) is 3. The fourth-order valence-electron chi connectivity index (χ4n) is 2.05. The lowest BCUT2D eigenvalue weighted by Gasteiger charge is -2.07. The van der Waals surface area contributed by atoms with Crippen LogP contribution in [-0.2, 0) is 11.2 Å². The standard InChI is InChI=1S/C17H19N3O3/c1-23-15-9-2-12(3-10-15)4-11-16(21)19-13-5-7-14(8-6-13)20-17(18)22/h2-3,5-10H,4,11H2,1H3,(H,19,21)(H3,18,20,22). The summed E-state index contributed by atoms with van der Waals surface area (Å²) in [7, 11) is 1.62. The Labute approximate surface area is 134 Å². The first-order valence-electron chi connectivity index (χ1n) is 7.16. The molecule has 2 aromatic rings. The lowest BCUT2D eigenvalue weighted by Crippen LogP contribution is -2.19. The molecule has 0 unspecified atom stereocenters. The molecule has 0 aliphatic rings. The van der Waals surface area contributed by atoms with Crippen LogP contribution < -0.4 is 21.1 Å². The third kappa shape index (κ3) is 5.35. The third-order valence-corrected chi connectivity index (χ3v) is 3.24. The van der Waals surface area contributed by atoms with E-state index in [1.807, 2.05) is 24.3 Å². The van der Waals surface area contributed by atoms with Crippen LogP contribution in [0.15, 0.2) is 48.5 Å². The fourth-order valence-corrected chi connectivity index (χ4v) is 2.05. The molecular weight excluding hydrogens is 294 g/mol. The number of nitrogens with one attached hydrogen (secondary N) is 2. The summed E-state index contributed by atoms with van der Waals surface area (Å²) in [5.74, 6) is 0.722. The zero-order valence-corrected chi connectivity index (χ0v) is 12.8. The molecular formula is C17H19N3O3. The van der Waals surface area contributed by atoms with Crippen molar-refractivity contribution < 1.29 is 14.3 Å². The van der Waals surface area contributed by atoms with Gasteiger partial charge in [0.05, 0.1) is 7.11 Å². The van der Waals surface area contributed by atoms with Crippen LogP contribution in [-0.4, -0.2) is 19.0 Å². The van der Waals surface area contributed by atoms with E-state index in [0.717, 1.165) is 11.3 Å². The van der Waals surface area contributed by atoms with Crippen LogP contribution in [0.3, 0.4) is 0 Å². The van der Waals surface area contributed by atoms with Gasteiger partial charge in [-0.3, -0.25) is 4.79 Å². The van der Waals surface area contributed by atoms with Crippen LogP contribution in [0.4, 0.5) is 16.2 Å². The molecule has 0 spiro atoms. The quantitative estimate of drug-likeness (QED) is 0.765. The minimum atomic E-state index is -0.624. The van der Waals surface area contributed by atoms with Crippen molar-refractivity contribution in [1.82, 2.24) is 0 Å². The van der Waals surface area contributed by atoms with Crippen molar-refractivity contribution in [1.29, 1.82) is 0 Å². The van der Waals surface area contributed by atoms with Crippen molar-refractivity contribution in [2.75, 3.05) is 17.7 Å². The second-order valence-corrected chi connectivity index (χ2v) is 4.96. The van der Waals surface area contributed by atoms with E-state index in [1.165, 1.54) is 0 Å². The first kappa shape index (κ1) is 16.4. The number of urea groups is 1. The lowest BCUT2D eigenvalue weighted by molar-refractivity contribution is -0.116. The Morgan fingerprint density at radius 2 is 1.52 bits per heavy atom. The van der Waals surface area contributed by atoms with Crippen LogP contribution in [0.25, 0.3) is 0 Å².